The highest BCUT2D eigenvalue weighted by Gasteiger charge is 2.31. The van der Waals surface area contributed by atoms with E-state index in [1.165, 1.54) is 6.42 Å². The third-order valence-corrected chi connectivity index (χ3v) is 7.75. The Labute approximate surface area is 287 Å². The van der Waals surface area contributed by atoms with Crippen molar-refractivity contribution in [3.63, 3.8) is 0 Å². The van der Waals surface area contributed by atoms with Gasteiger partial charge >= 0.3 is 12.2 Å². The van der Waals surface area contributed by atoms with E-state index in [-0.39, 0.29) is 12.4 Å². The lowest BCUT2D eigenvalue weighted by Gasteiger charge is -2.24. The van der Waals surface area contributed by atoms with Crippen LogP contribution in [-0.2, 0) is 13.1 Å². The standard InChI is InChI=1S/C32H34ClF3N6O.C3H8.C2H6/c1-4-20(2)22-9-11-23(12-10-22)30(38)41(16-15-32(34,35)36)31(43)39-18-28-26-14-13-24(21(3)37)17-29(26)42(40-28)19-25-7-5-6-8-27(25)33;1-3-2;1-2/h5-14,17,20,38H,3-4,15-16,18-19,37H2,1-2H3,(H,39,43);3H2,1-2H3;1-2H3. The number of halogens is 4. The molecule has 0 saturated carbocycles. The molecule has 0 fully saturated rings. The van der Waals surface area contributed by atoms with E-state index in [4.69, 9.17) is 27.8 Å². The molecule has 4 aromatic rings. The molecule has 2 amide bonds. The number of rotatable bonds is 10. The molecule has 0 aliphatic rings. The molecule has 7 nitrogen and oxygen atoms in total. The second-order valence-corrected chi connectivity index (χ2v) is 11.5. The van der Waals surface area contributed by atoms with Crippen LogP contribution in [-0.4, -0.2) is 39.3 Å². The number of hydrogen-bond acceptors (Lipinski definition) is 4. The first kappa shape index (κ1) is 39.9. The van der Waals surface area contributed by atoms with Gasteiger partial charge in [0.25, 0.3) is 0 Å². The Bertz CT molecular complexity index is 1650. The average Bonchev–Trinajstić information content (AvgIpc) is 3.41. The second-order valence-electron chi connectivity index (χ2n) is 11.1. The minimum atomic E-state index is -4.50. The van der Waals surface area contributed by atoms with Crippen LogP contribution < -0.4 is 11.1 Å². The zero-order chi connectivity index (χ0) is 36.0. The van der Waals surface area contributed by atoms with Crippen LogP contribution in [0.25, 0.3) is 16.6 Å². The first-order valence-electron chi connectivity index (χ1n) is 16.3. The molecule has 0 saturated heterocycles. The van der Waals surface area contributed by atoms with E-state index >= 15 is 0 Å². The molecule has 4 N–H and O–H groups in total. The van der Waals surface area contributed by atoms with Gasteiger partial charge < -0.3 is 11.1 Å². The Balaban J connectivity index is 0.00000151. The highest BCUT2D eigenvalue weighted by Crippen LogP contribution is 2.26. The number of alkyl halides is 3. The van der Waals surface area contributed by atoms with E-state index in [2.05, 4.69) is 39.6 Å². The van der Waals surface area contributed by atoms with Crippen molar-refractivity contribution in [3.8, 4) is 0 Å². The van der Waals surface area contributed by atoms with Gasteiger partial charge in [0.2, 0.25) is 0 Å². The van der Waals surface area contributed by atoms with Crippen LogP contribution >= 0.6 is 11.6 Å². The van der Waals surface area contributed by atoms with Gasteiger partial charge in [0.15, 0.2) is 0 Å². The number of fused-ring (bicyclic) bond motifs is 1. The summed E-state index contributed by atoms with van der Waals surface area (Å²) in [7, 11) is 0. The van der Waals surface area contributed by atoms with Gasteiger partial charge in [-0.25, -0.2) is 4.79 Å². The summed E-state index contributed by atoms with van der Waals surface area (Å²) in [6.45, 7) is 15.7. The fourth-order valence-electron chi connectivity index (χ4n) is 4.65. The fourth-order valence-corrected chi connectivity index (χ4v) is 4.85. The monoisotopic (exact) mass is 684 g/mol. The number of amides is 2. The zero-order valence-corrected chi connectivity index (χ0v) is 29.5. The molecule has 4 rings (SSSR count). The molecule has 1 unspecified atom stereocenters. The van der Waals surface area contributed by atoms with Crippen molar-refractivity contribution in [1.82, 2.24) is 20.0 Å². The Kier molecular flexibility index (Phi) is 15.7. The molecule has 1 aromatic heterocycles. The lowest BCUT2D eigenvalue weighted by molar-refractivity contribution is -0.135. The number of carbonyl (C=O) groups excluding carboxylic acids is 1. The van der Waals surface area contributed by atoms with Crippen molar-refractivity contribution in [3.05, 3.63) is 106 Å². The van der Waals surface area contributed by atoms with E-state index < -0.39 is 25.2 Å². The SMILES string of the molecule is C=C(N)c1ccc2c(CNC(=O)N(CCC(F)(F)F)C(=N)c3ccc(C(C)CC)cc3)nn(Cc3ccccc3Cl)c2c1.CC.CCC. The molecule has 11 heteroatoms. The lowest BCUT2D eigenvalue weighted by Crippen LogP contribution is -2.45. The van der Waals surface area contributed by atoms with Crippen molar-refractivity contribution in [2.75, 3.05) is 6.54 Å². The summed E-state index contributed by atoms with van der Waals surface area (Å²) < 4.78 is 41.3. The van der Waals surface area contributed by atoms with Crippen LogP contribution in [0.2, 0.25) is 5.02 Å². The number of amidine groups is 1. The van der Waals surface area contributed by atoms with E-state index in [9.17, 15) is 18.0 Å². The third-order valence-electron chi connectivity index (χ3n) is 7.38. The third kappa shape index (κ3) is 11.1. The maximum atomic E-state index is 13.3. The van der Waals surface area contributed by atoms with Crippen LogP contribution in [0.15, 0.2) is 73.3 Å². The van der Waals surface area contributed by atoms with Crippen LogP contribution in [0.1, 0.15) is 94.7 Å². The minimum Gasteiger partial charge on any atom is -0.399 e. The van der Waals surface area contributed by atoms with Gasteiger partial charge in [-0.1, -0.05) is 121 Å². The predicted octanol–water partition coefficient (Wildman–Crippen LogP) is 10.1. The number of urea groups is 1. The smallest absolute Gasteiger partial charge is 0.390 e. The highest BCUT2D eigenvalue weighted by atomic mass is 35.5. The van der Waals surface area contributed by atoms with Crippen molar-refractivity contribution < 1.29 is 18.0 Å². The molecule has 0 radical (unpaired) electrons. The Morgan fingerprint density at radius 1 is 1.06 bits per heavy atom. The van der Waals surface area contributed by atoms with Crippen molar-refractivity contribution in [2.45, 2.75) is 86.0 Å². The number of benzene rings is 3. The summed E-state index contributed by atoms with van der Waals surface area (Å²) in [5, 5.41) is 17.3. The summed E-state index contributed by atoms with van der Waals surface area (Å²) in [6.07, 6.45) is -3.59. The molecule has 0 aliphatic carbocycles. The number of aromatic nitrogens is 2. The fraction of sp³-hybridized carbons (Fsp3) is 0.378. The quantitative estimate of drug-likeness (QED) is 0.114. The molecule has 0 bridgehead atoms. The predicted molar refractivity (Wildman–Crippen MR) is 192 cm³/mol. The summed E-state index contributed by atoms with van der Waals surface area (Å²) in [4.78, 5) is 14.1. The van der Waals surface area contributed by atoms with Crippen LogP contribution in [0, 0.1) is 5.41 Å². The van der Waals surface area contributed by atoms with Gasteiger partial charge in [-0.3, -0.25) is 15.0 Å². The summed E-state index contributed by atoms with van der Waals surface area (Å²) in [5.41, 5.74) is 10.4. The van der Waals surface area contributed by atoms with Crippen LogP contribution in [0.5, 0.6) is 0 Å². The normalized spacial score (nSPS) is 11.5. The zero-order valence-electron chi connectivity index (χ0n) is 28.7. The molecule has 3 aromatic carbocycles. The van der Waals surface area contributed by atoms with Crippen LogP contribution in [0.3, 0.4) is 0 Å². The van der Waals surface area contributed by atoms with Crippen molar-refractivity contribution in [1.29, 1.82) is 5.41 Å². The number of nitrogens with one attached hydrogen (secondary N) is 2. The molecule has 48 heavy (non-hydrogen) atoms. The number of nitrogens with two attached hydrogens (primary N) is 1. The van der Waals surface area contributed by atoms with E-state index in [0.29, 0.717) is 40.0 Å². The van der Waals surface area contributed by atoms with E-state index in [1.54, 1.807) is 28.9 Å². The van der Waals surface area contributed by atoms with Crippen molar-refractivity contribution >= 4 is 40.1 Å². The number of nitrogens with zero attached hydrogens (tertiary/aromatic N) is 3. The highest BCUT2D eigenvalue weighted by molar-refractivity contribution is 6.31. The topological polar surface area (TPSA) is 100 Å². The molecule has 1 atom stereocenters. The second kappa shape index (κ2) is 18.9. The average molecular weight is 685 g/mol. The first-order chi connectivity index (χ1) is 22.8. The van der Waals surface area contributed by atoms with Gasteiger partial charge in [0.05, 0.1) is 30.7 Å². The Morgan fingerprint density at radius 2 is 1.67 bits per heavy atom. The van der Waals surface area contributed by atoms with Crippen LogP contribution in [0.4, 0.5) is 18.0 Å². The minimum absolute atomic E-state index is 0.0868. The molecule has 1 heterocycles. The van der Waals surface area contributed by atoms with Gasteiger partial charge in [-0.05, 0) is 41.2 Å². The maximum Gasteiger partial charge on any atom is 0.390 e. The van der Waals surface area contributed by atoms with Gasteiger partial charge in [0, 0.05) is 28.2 Å². The molecular formula is C37H48ClF3N6O. The van der Waals surface area contributed by atoms with E-state index in [0.717, 1.165) is 33.4 Å². The van der Waals surface area contributed by atoms with Gasteiger partial charge in [-0.15, -0.1) is 0 Å². The molecule has 0 aliphatic heterocycles. The summed E-state index contributed by atoms with van der Waals surface area (Å²) in [6, 6.07) is 18.9. The first-order valence-corrected chi connectivity index (χ1v) is 16.7. The molecule has 260 valence electrons. The number of hydrogen-bond donors (Lipinski definition) is 3. The Morgan fingerprint density at radius 3 is 2.23 bits per heavy atom. The largest absolute Gasteiger partial charge is 0.399 e. The van der Waals surface area contributed by atoms with Gasteiger partial charge in [0.1, 0.15) is 5.84 Å². The summed E-state index contributed by atoms with van der Waals surface area (Å²) >= 11 is 6.39. The lowest BCUT2D eigenvalue weighted by atomic mass is 9.97. The molecular weight excluding hydrogens is 637 g/mol. The number of carbonyl (C=O) groups is 1. The van der Waals surface area contributed by atoms with Gasteiger partial charge in [-0.2, -0.15) is 18.3 Å². The Hall–Kier alpha value is -4.31. The summed E-state index contributed by atoms with van der Waals surface area (Å²) in [5.74, 6) is -0.0305. The van der Waals surface area contributed by atoms with E-state index in [1.807, 2.05) is 56.3 Å². The molecule has 0 spiro atoms. The van der Waals surface area contributed by atoms with Crippen molar-refractivity contribution in [2.24, 2.45) is 5.73 Å². The maximum absolute atomic E-state index is 13.3.